The molecule has 0 radical (unpaired) electrons. The summed E-state index contributed by atoms with van der Waals surface area (Å²) >= 11 is 3.25. The van der Waals surface area contributed by atoms with Crippen LogP contribution < -0.4 is 5.73 Å². The molecule has 0 aliphatic carbocycles. The third-order valence-electron chi connectivity index (χ3n) is 1.31. The van der Waals surface area contributed by atoms with E-state index >= 15 is 0 Å². The molecule has 1 aromatic heterocycles. The normalized spacial score (nSPS) is 8.83. The predicted molar refractivity (Wildman–Crippen MR) is 54.9 cm³/mol. The Hall–Kier alpha value is -0.610. The molecule has 1 heterocycles. The number of hydrogen-bond acceptors (Lipinski definition) is 2. The number of aryl methyl sites for hydroxylation is 1. The Labute approximate surface area is 85.4 Å². The van der Waals surface area contributed by atoms with Gasteiger partial charge in [-0.1, -0.05) is 6.07 Å². The van der Waals surface area contributed by atoms with Crippen LogP contribution in [0.3, 0.4) is 0 Å². The molecule has 0 unspecified atom stereocenters. The lowest BCUT2D eigenvalue weighted by molar-refractivity contribution is 1.18. The Kier molecular flexibility index (Phi) is 4.20. The minimum absolute atomic E-state index is 0. The monoisotopic (exact) mass is 249 g/mol. The first-order valence-corrected chi connectivity index (χ1v) is 3.88. The summed E-state index contributed by atoms with van der Waals surface area (Å²) in [7, 11) is 0. The van der Waals surface area contributed by atoms with Gasteiger partial charge in [-0.25, -0.2) is 4.98 Å². The molecule has 1 aromatic rings. The van der Waals surface area contributed by atoms with Crippen LogP contribution in [0.15, 0.2) is 16.7 Å². The van der Waals surface area contributed by atoms with E-state index in [9.17, 15) is 0 Å². The van der Waals surface area contributed by atoms with Crippen LogP contribution in [0.5, 0.6) is 0 Å². The maximum atomic E-state index is 7.10. The van der Waals surface area contributed by atoms with Gasteiger partial charge >= 0.3 is 0 Å². The fraction of sp³-hybridized carbons (Fsp3) is 0.143. The molecule has 0 aromatic carbocycles. The predicted octanol–water partition coefficient (Wildman–Crippen LogP) is 1.86. The van der Waals surface area contributed by atoms with Crippen molar-refractivity contribution < 1.29 is 0 Å². The summed E-state index contributed by atoms with van der Waals surface area (Å²) in [5.41, 5.74) is 6.77. The van der Waals surface area contributed by atoms with Crippen molar-refractivity contribution >= 4 is 34.2 Å². The SMILES string of the molecule is Cc1ccc(C(=N)N)nc1Br.Cl. The Morgan fingerprint density at radius 2 is 2.17 bits per heavy atom. The van der Waals surface area contributed by atoms with Crippen LogP contribution in [0.25, 0.3) is 0 Å². The van der Waals surface area contributed by atoms with Gasteiger partial charge in [-0.05, 0) is 34.5 Å². The van der Waals surface area contributed by atoms with Gasteiger partial charge in [-0.3, -0.25) is 5.41 Å². The van der Waals surface area contributed by atoms with Gasteiger partial charge in [-0.15, -0.1) is 12.4 Å². The number of nitrogens with two attached hydrogens (primary N) is 1. The number of nitrogen functional groups attached to an aromatic ring is 1. The summed E-state index contributed by atoms with van der Waals surface area (Å²) in [6.07, 6.45) is 0. The molecule has 3 N–H and O–H groups in total. The van der Waals surface area contributed by atoms with Gasteiger partial charge in [0.25, 0.3) is 0 Å². The first kappa shape index (κ1) is 11.4. The second-order valence-electron chi connectivity index (χ2n) is 2.22. The summed E-state index contributed by atoms with van der Waals surface area (Å²) in [6.45, 7) is 1.93. The highest BCUT2D eigenvalue weighted by Gasteiger charge is 2.00. The van der Waals surface area contributed by atoms with Gasteiger partial charge in [0, 0.05) is 0 Å². The van der Waals surface area contributed by atoms with Crippen molar-refractivity contribution in [1.29, 1.82) is 5.41 Å². The van der Waals surface area contributed by atoms with Crippen molar-refractivity contribution in [2.75, 3.05) is 0 Å². The number of pyridine rings is 1. The summed E-state index contributed by atoms with van der Waals surface area (Å²) < 4.78 is 0.741. The molecule has 0 saturated heterocycles. The summed E-state index contributed by atoms with van der Waals surface area (Å²) in [6, 6.07) is 3.59. The topological polar surface area (TPSA) is 62.8 Å². The van der Waals surface area contributed by atoms with Crippen molar-refractivity contribution in [2.24, 2.45) is 5.73 Å². The number of nitrogens with zero attached hydrogens (tertiary/aromatic N) is 1. The quantitative estimate of drug-likeness (QED) is 0.454. The van der Waals surface area contributed by atoms with E-state index in [4.69, 9.17) is 11.1 Å². The van der Waals surface area contributed by atoms with Gasteiger partial charge in [0.1, 0.15) is 16.1 Å². The molecule has 0 amide bonds. The standard InChI is InChI=1S/C7H8BrN3.ClH/c1-4-2-3-5(7(9)10)11-6(4)8;/h2-3H,1H3,(H3,9,10);1H. The fourth-order valence-electron chi connectivity index (χ4n) is 0.654. The highest BCUT2D eigenvalue weighted by Crippen LogP contribution is 2.12. The number of hydrogen-bond donors (Lipinski definition) is 2. The van der Waals surface area contributed by atoms with E-state index in [1.54, 1.807) is 6.07 Å². The molecule has 0 saturated carbocycles. The maximum Gasteiger partial charge on any atom is 0.141 e. The molecular formula is C7H9BrClN3. The zero-order valence-electron chi connectivity index (χ0n) is 6.47. The lowest BCUT2D eigenvalue weighted by atomic mass is 10.3. The van der Waals surface area contributed by atoms with Gasteiger partial charge in [0.05, 0.1) is 0 Å². The van der Waals surface area contributed by atoms with Crippen molar-refractivity contribution in [3.8, 4) is 0 Å². The minimum Gasteiger partial charge on any atom is -0.382 e. The number of halogens is 2. The van der Waals surface area contributed by atoms with Crippen LogP contribution >= 0.6 is 28.3 Å². The molecule has 1 rings (SSSR count). The van der Waals surface area contributed by atoms with Crippen LogP contribution in [0.1, 0.15) is 11.3 Å². The van der Waals surface area contributed by atoms with E-state index in [-0.39, 0.29) is 18.2 Å². The fourth-order valence-corrected chi connectivity index (χ4v) is 0.977. The van der Waals surface area contributed by atoms with Crippen LogP contribution in [-0.4, -0.2) is 10.8 Å². The van der Waals surface area contributed by atoms with Gasteiger partial charge in [0.15, 0.2) is 0 Å². The van der Waals surface area contributed by atoms with Crippen molar-refractivity contribution in [1.82, 2.24) is 4.98 Å². The van der Waals surface area contributed by atoms with E-state index in [2.05, 4.69) is 20.9 Å². The second kappa shape index (κ2) is 4.42. The van der Waals surface area contributed by atoms with E-state index in [0.29, 0.717) is 5.69 Å². The molecule has 66 valence electrons. The molecule has 0 spiro atoms. The van der Waals surface area contributed by atoms with Gasteiger partial charge in [-0.2, -0.15) is 0 Å². The van der Waals surface area contributed by atoms with E-state index in [1.807, 2.05) is 13.0 Å². The van der Waals surface area contributed by atoms with Crippen LogP contribution in [-0.2, 0) is 0 Å². The smallest absolute Gasteiger partial charge is 0.141 e. The van der Waals surface area contributed by atoms with Gasteiger partial charge < -0.3 is 5.73 Å². The number of nitrogens with one attached hydrogen (secondary N) is 1. The summed E-state index contributed by atoms with van der Waals surface area (Å²) in [5, 5.41) is 7.10. The summed E-state index contributed by atoms with van der Waals surface area (Å²) in [4.78, 5) is 4.04. The van der Waals surface area contributed by atoms with E-state index in [1.165, 1.54) is 0 Å². The zero-order valence-corrected chi connectivity index (χ0v) is 8.87. The largest absolute Gasteiger partial charge is 0.382 e. The Bertz CT molecular complexity index is 301. The Balaban J connectivity index is 0.00000121. The van der Waals surface area contributed by atoms with E-state index in [0.717, 1.165) is 10.2 Å². The van der Waals surface area contributed by atoms with Gasteiger partial charge in [0.2, 0.25) is 0 Å². The molecular weight excluding hydrogens is 241 g/mol. The molecule has 3 nitrogen and oxygen atoms in total. The molecule has 0 bridgehead atoms. The van der Waals surface area contributed by atoms with Crippen molar-refractivity contribution in [3.05, 3.63) is 28.0 Å². The lowest BCUT2D eigenvalue weighted by Gasteiger charge is -1.99. The first-order chi connectivity index (χ1) is 5.11. The molecule has 5 heteroatoms. The molecule has 0 atom stereocenters. The van der Waals surface area contributed by atoms with Crippen molar-refractivity contribution in [2.45, 2.75) is 6.92 Å². The lowest BCUT2D eigenvalue weighted by Crippen LogP contribution is -2.13. The van der Waals surface area contributed by atoms with Crippen molar-refractivity contribution in [3.63, 3.8) is 0 Å². The molecule has 0 aliphatic heterocycles. The minimum atomic E-state index is -0.00861. The average Bonchev–Trinajstić information content (AvgIpc) is 1.94. The van der Waals surface area contributed by atoms with Crippen LogP contribution in [0, 0.1) is 12.3 Å². The van der Waals surface area contributed by atoms with Crippen LogP contribution in [0.2, 0.25) is 0 Å². The number of aromatic nitrogens is 1. The highest BCUT2D eigenvalue weighted by molar-refractivity contribution is 9.10. The zero-order chi connectivity index (χ0) is 8.43. The molecule has 0 aliphatic rings. The molecule has 0 fully saturated rings. The number of amidine groups is 1. The second-order valence-corrected chi connectivity index (χ2v) is 2.97. The highest BCUT2D eigenvalue weighted by atomic mass is 79.9. The Morgan fingerprint density at radius 1 is 1.58 bits per heavy atom. The number of rotatable bonds is 1. The summed E-state index contributed by atoms with van der Waals surface area (Å²) in [5.74, 6) is -0.00861. The third-order valence-corrected chi connectivity index (χ3v) is 2.11. The first-order valence-electron chi connectivity index (χ1n) is 3.09. The third kappa shape index (κ3) is 2.46. The molecule has 12 heavy (non-hydrogen) atoms. The Morgan fingerprint density at radius 3 is 2.58 bits per heavy atom. The average molecular weight is 251 g/mol. The maximum absolute atomic E-state index is 7.10. The van der Waals surface area contributed by atoms with E-state index < -0.39 is 0 Å². The van der Waals surface area contributed by atoms with Crippen LogP contribution in [0.4, 0.5) is 0 Å².